The third kappa shape index (κ3) is 4.45. The molecule has 3 heteroatoms. The molecule has 0 spiro atoms. The zero-order chi connectivity index (χ0) is 33.5. The van der Waals surface area contributed by atoms with Gasteiger partial charge < -0.3 is 4.57 Å². The molecule has 0 aliphatic carbocycles. The van der Waals surface area contributed by atoms with E-state index < -0.39 is 0 Å². The van der Waals surface area contributed by atoms with Gasteiger partial charge in [-0.05, 0) is 88.0 Å². The van der Waals surface area contributed by atoms with Crippen LogP contribution in [0.4, 0.5) is 0 Å². The summed E-state index contributed by atoms with van der Waals surface area (Å²) >= 11 is 3.82. The topological polar surface area (TPSA) is 4.93 Å². The fourth-order valence-corrected chi connectivity index (χ4v) is 10.5. The third-order valence-electron chi connectivity index (χ3n) is 10.4. The second kappa shape index (κ2) is 11.3. The Morgan fingerprint density at radius 1 is 0.333 bits per heavy atom. The van der Waals surface area contributed by atoms with Crippen LogP contribution in [-0.2, 0) is 0 Å². The molecule has 0 N–H and O–H groups in total. The van der Waals surface area contributed by atoms with E-state index in [9.17, 15) is 0 Å². The van der Waals surface area contributed by atoms with E-state index in [1.54, 1.807) is 0 Å². The van der Waals surface area contributed by atoms with Crippen molar-refractivity contribution in [2.75, 3.05) is 0 Å². The van der Waals surface area contributed by atoms with Crippen molar-refractivity contribution in [3.63, 3.8) is 0 Å². The average molecular weight is 684 g/mol. The van der Waals surface area contributed by atoms with Crippen LogP contribution in [0.3, 0.4) is 0 Å². The number of hydrogen-bond acceptors (Lipinski definition) is 2. The summed E-state index contributed by atoms with van der Waals surface area (Å²) in [4.78, 5) is 0. The Kier molecular flexibility index (Phi) is 6.36. The molecule has 0 atom stereocenters. The highest BCUT2D eigenvalue weighted by Gasteiger charge is 2.19. The van der Waals surface area contributed by atoms with Crippen molar-refractivity contribution < 1.29 is 0 Å². The van der Waals surface area contributed by atoms with Crippen molar-refractivity contribution in [2.45, 2.75) is 0 Å². The van der Waals surface area contributed by atoms with E-state index in [1.807, 2.05) is 22.7 Å². The van der Waals surface area contributed by atoms with Crippen LogP contribution in [0.25, 0.3) is 101 Å². The molecule has 238 valence electrons. The quantitative estimate of drug-likeness (QED) is 0.174. The van der Waals surface area contributed by atoms with Crippen molar-refractivity contribution >= 4 is 84.8 Å². The first kappa shape index (κ1) is 28.8. The number of benzene rings is 8. The van der Waals surface area contributed by atoms with Crippen molar-refractivity contribution in [3.05, 3.63) is 176 Å². The molecule has 0 amide bonds. The third-order valence-corrected chi connectivity index (χ3v) is 12.7. The van der Waals surface area contributed by atoms with E-state index in [1.165, 1.54) is 95.5 Å². The molecule has 8 aromatic carbocycles. The van der Waals surface area contributed by atoms with Gasteiger partial charge in [-0.25, -0.2) is 0 Å². The van der Waals surface area contributed by atoms with E-state index in [4.69, 9.17) is 0 Å². The van der Waals surface area contributed by atoms with Crippen LogP contribution in [-0.4, -0.2) is 4.57 Å². The lowest BCUT2D eigenvalue weighted by Gasteiger charge is -2.12. The lowest BCUT2D eigenvalue weighted by atomic mass is 9.98. The number of hydrogen-bond donors (Lipinski definition) is 0. The Labute approximate surface area is 302 Å². The molecule has 0 aliphatic rings. The Morgan fingerprint density at radius 3 is 1.67 bits per heavy atom. The zero-order valence-corrected chi connectivity index (χ0v) is 29.1. The molecule has 0 saturated carbocycles. The Bertz CT molecular complexity index is 3030. The summed E-state index contributed by atoms with van der Waals surface area (Å²) in [6.45, 7) is 0. The minimum absolute atomic E-state index is 1.16. The maximum atomic E-state index is 2.45. The maximum Gasteiger partial charge on any atom is 0.0541 e. The molecule has 0 bridgehead atoms. The molecule has 0 unspecified atom stereocenters. The summed E-state index contributed by atoms with van der Waals surface area (Å²) in [5.74, 6) is 0. The number of nitrogens with zero attached hydrogens (tertiary/aromatic N) is 1. The van der Waals surface area contributed by atoms with Crippen LogP contribution in [0, 0.1) is 0 Å². The lowest BCUT2D eigenvalue weighted by Crippen LogP contribution is -1.94. The van der Waals surface area contributed by atoms with Crippen LogP contribution in [0.1, 0.15) is 0 Å². The van der Waals surface area contributed by atoms with E-state index in [0.717, 1.165) is 5.69 Å². The molecule has 0 aliphatic heterocycles. The maximum absolute atomic E-state index is 2.45. The van der Waals surface area contributed by atoms with Crippen LogP contribution >= 0.6 is 22.7 Å². The normalized spacial score (nSPS) is 11.9. The minimum Gasteiger partial charge on any atom is -0.309 e. The molecule has 51 heavy (non-hydrogen) atoms. The standard InChI is InChI=1S/C48H29NS2/c1-3-11-30(12-4-1)32-21-24-41-39(28-32)40-29-33(31-13-5-2-6-14-31)22-25-42(40)49(41)35-16-9-15-34(27-35)36-18-10-20-44-46(36)47-45(50-44)26-23-38-37-17-7-8-19-43(37)51-48(38)47/h1-29H. The predicted molar refractivity (Wildman–Crippen MR) is 223 cm³/mol. The van der Waals surface area contributed by atoms with E-state index in [0.29, 0.717) is 0 Å². The second-order valence-corrected chi connectivity index (χ2v) is 15.4. The van der Waals surface area contributed by atoms with Gasteiger partial charge in [-0.2, -0.15) is 0 Å². The molecule has 11 rings (SSSR count). The fourth-order valence-electron chi connectivity index (χ4n) is 8.06. The van der Waals surface area contributed by atoms with Gasteiger partial charge in [0, 0.05) is 56.8 Å². The molecule has 0 radical (unpaired) electrons. The Hall–Kier alpha value is -6.00. The first-order valence-electron chi connectivity index (χ1n) is 17.3. The predicted octanol–water partition coefficient (Wildman–Crippen LogP) is 14.5. The van der Waals surface area contributed by atoms with Crippen LogP contribution < -0.4 is 0 Å². The summed E-state index contributed by atoms with van der Waals surface area (Å²) < 4.78 is 7.86. The van der Waals surface area contributed by atoms with Crippen molar-refractivity contribution in [1.82, 2.24) is 4.57 Å². The first-order valence-corrected chi connectivity index (χ1v) is 19.0. The van der Waals surface area contributed by atoms with Gasteiger partial charge in [-0.3, -0.25) is 0 Å². The van der Waals surface area contributed by atoms with Crippen LogP contribution in [0.15, 0.2) is 176 Å². The van der Waals surface area contributed by atoms with Crippen molar-refractivity contribution in [2.24, 2.45) is 0 Å². The van der Waals surface area contributed by atoms with Gasteiger partial charge >= 0.3 is 0 Å². The summed E-state index contributed by atoms with van der Waals surface area (Å²) in [6, 6.07) is 64.7. The fraction of sp³-hybridized carbons (Fsp3) is 0. The Morgan fingerprint density at radius 2 is 0.941 bits per heavy atom. The summed E-state index contributed by atoms with van der Waals surface area (Å²) in [7, 11) is 0. The number of rotatable bonds is 4. The molecule has 11 aromatic rings. The molecule has 3 heterocycles. The Balaban J connectivity index is 1.15. The first-order chi connectivity index (χ1) is 25.3. The smallest absolute Gasteiger partial charge is 0.0541 e. The van der Waals surface area contributed by atoms with E-state index in [2.05, 4.69) is 180 Å². The number of thiophene rings is 2. The second-order valence-electron chi connectivity index (χ2n) is 13.3. The van der Waals surface area contributed by atoms with Crippen LogP contribution in [0.2, 0.25) is 0 Å². The van der Waals surface area contributed by atoms with Crippen molar-refractivity contribution in [3.8, 4) is 39.1 Å². The van der Waals surface area contributed by atoms with Gasteiger partial charge in [0.15, 0.2) is 0 Å². The molecule has 3 aromatic heterocycles. The minimum atomic E-state index is 1.16. The van der Waals surface area contributed by atoms with Gasteiger partial charge in [-0.15, -0.1) is 22.7 Å². The highest BCUT2D eigenvalue weighted by molar-refractivity contribution is 7.29. The van der Waals surface area contributed by atoms with Gasteiger partial charge in [-0.1, -0.05) is 121 Å². The van der Waals surface area contributed by atoms with Crippen LogP contribution in [0.5, 0.6) is 0 Å². The molecular weight excluding hydrogens is 655 g/mol. The summed E-state index contributed by atoms with van der Waals surface area (Å²) in [5, 5.41) is 7.94. The highest BCUT2D eigenvalue weighted by Crippen LogP contribution is 2.47. The highest BCUT2D eigenvalue weighted by atomic mass is 32.1. The average Bonchev–Trinajstić information content (AvgIpc) is 3.87. The van der Waals surface area contributed by atoms with Gasteiger partial charge in [0.1, 0.15) is 0 Å². The van der Waals surface area contributed by atoms with E-state index >= 15 is 0 Å². The summed E-state index contributed by atoms with van der Waals surface area (Å²) in [6.07, 6.45) is 0. The van der Waals surface area contributed by atoms with Gasteiger partial charge in [0.05, 0.1) is 11.0 Å². The SMILES string of the molecule is c1ccc(-c2ccc3c(c2)c2cc(-c4ccccc4)ccc2n3-c2cccc(-c3cccc4sc5ccc6c7ccccc7sc6c5c34)c2)cc1. The lowest BCUT2D eigenvalue weighted by molar-refractivity contribution is 1.18. The van der Waals surface area contributed by atoms with Gasteiger partial charge in [0.25, 0.3) is 0 Å². The summed E-state index contributed by atoms with van der Waals surface area (Å²) in [5.41, 5.74) is 11.0. The zero-order valence-electron chi connectivity index (χ0n) is 27.5. The van der Waals surface area contributed by atoms with Crippen molar-refractivity contribution in [1.29, 1.82) is 0 Å². The monoisotopic (exact) mass is 683 g/mol. The number of fused-ring (bicyclic) bond motifs is 10. The largest absolute Gasteiger partial charge is 0.309 e. The number of aromatic nitrogens is 1. The molecule has 0 fully saturated rings. The molecule has 0 saturated heterocycles. The van der Waals surface area contributed by atoms with E-state index in [-0.39, 0.29) is 0 Å². The molecule has 1 nitrogen and oxygen atoms in total. The molecular formula is C48H29NS2. The van der Waals surface area contributed by atoms with Gasteiger partial charge in [0.2, 0.25) is 0 Å².